The molecule has 118 valence electrons. The number of carbonyl (C=O) groups is 1. The highest BCUT2D eigenvalue weighted by Gasteiger charge is 2.35. The summed E-state index contributed by atoms with van der Waals surface area (Å²) in [5.41, 5.74) is 2.80. The van der Waals surface area contributed by atoms with Gasteiger partial charge in [0, 0.05) is 42.9 Å². The van der Waals surface area contributed by atoms with Gasteiger partial charge in [-0.1, -0.05) is 0 Å². The van der Waals surface area contributed by atoms with Gasteiger partial charge >= 0.3 is 5.97 Å². The molecule has 0 amide bonds. The van der Waals surface area contributed by atoms with E-state index in [1.165, 1.54) is 0 Å². The first-order valence-corrected chi connectivity index (χ1v) is 7.55. The molecule has 2 aromatic heterocycles. The number of hydrogen-bond acceptors (Lipinski definition) is 4. The normalized spacial score (nSPS) is 18.6. The molecular formula is C16H21N3O3. The van der Waals surface area contributed by atoms with Gasteiger partial charge in [0.1, 0.15) is 11.8 Å². The summed E-state index contributed by atoms with van der Waals surface area (Å²) in [6, 6.07) is 1.42. The Morgan fingerprint density at radius 3 is 2.95 bits per heavy atom. The fourth-order valence-electron chi connectivity index (χ4n) is 2.99. The van der Waals surface area contributed by atoms with Crippen molar-refractivity contribution in [1.29, 1.82) is 0 Å². The van der Waals surface area contributed by atoms with E-state index < -0.39 is 12.0 Å². The van der Waals surface area contributed by atoms with Gasteiger partial charge in [-0.05, 0) is 26.8 Å². The summed E-state index contributed by atoms with van der Waals surface area (Å²) in [4.78, 5) is 13.7. The Bertz CT molecular complexity index is 687. The van der Waals surface area contributed by atoms with Crippen molar-refractivity contribution < 1.29 is 14.3 Å². The van der Waals surface area contributed by atoms with E-state index in [0.29, 0.717) is 19.1 Å². The number of furan rings is 1. The number of hydrogen-bond donors (Lipinski definition) is 1. The molecule has 6 heteroatoms. The number of nitrogens with zero attached hydrogens (tertiary/aromatic N) is 3. The van der Waals surface area contributed by atoms with Crippen molar-refractivity contribution in [3.8, 4) is 0 Å². The molecule has 0 saturated carbocycles. The molecule has 0 aliphatic carbocycles. The highest BCUT2D eigenvalue weighted by atomic mass is 16.4. The van der Waals surface area contributed by atoms with E-state index >= 15 is 0 Å². The zero-order valence-corrected chi connectivity index (χ0v) is 13.1. The summed E-state index contributed by atoms with van der Waals surface area (Å²) in [5, 5.41) is 14.1. The quantitative estimate of drug-likeness (QED) is 0.940. The third kappa shape index (κ3) is 2.54. The summed E-state index contributed by atoms with van der Waals surface area (Å²) in [7, 11) is 0. The fraction of sp³-hybridized carbons (Fsp3) is 0.500. The molecule has 1 N–H and O–H groups in total. The molecule has 0 saturated heterocycles. The lowest BCUT2D eigenvalue weighted by atomic mass is 9.99. The van der Waals surface area contributed by atoms with Crippen LogP contribution in [0.15, 0.2) is 22.9 Å². The van der Waals surface area contributed by atoms with Crippen LogP contribution >= 0.6 is 0 Å². The maximum atomic E-state index is 11.7. The Balaban J connectivity index is 1.87. The molecule has 1 aliphatic rings. The SMILES string of the molecule is Cc1nn(C(C)C)cc1CN1CCc2occc2C1C(=O)O. The van der Waals surface area contributed by atoms with E-state index in [9.17, 15) is 9.90 Å². The Labute approximate surface area is 129 Å². The van der Waals surface area contributed by atoms with E-state index in [2.05, 4.69) is 18.9 Å². The molecule has 1 atom stereocenters. The van der Waals surface area contributed by atoms with E-state index in [0.717, 1.165) is 29.0 Å². The molecule has 0 aromatic carbocycles. The van der Waals surface area contributed by atoms with Crippen molar-refractivity contribution in [2.75, 3.05) is 6.54 Å². The van der Waals surface area contributed by atoms with Crippen molar-refractivity contribution in [3.63, 3.8) is 0 Å². The Morgan fingerprint density at radius 1 is 1.55 bits per heavy atom. The van der Waals surface area contributed by atoms with E-state index in [1.54, 1.807) is 12.3 Å². The second-order valence-electron chi connectivity index (χ2n) is 6.07. The second-order valence-corrected chi connectivity index (χ2v) is 6.07. The summed E-state index contributed by atoms with van der Waals surface area (Å²) in [6.07, 6.45) is 4.33. The third-order valence-electron chi connectivity index (χ3n) is 4.22. The molecule has 3 heterocycles. The zero-order valence-electron chi connectivity index (χ0n) is 13.1. The summed E-state index contributed by atoms with van der Waals surface area (Å²) in [6.45, 7) is 7.38. The van der Waals surface area contributed by atoms with Crippen molar-refractivity contribution in [1.82, 2.24) is 14.7 Å². The molecular weight excluding hydrogens is 282 g/mol. The first-order valence-electron chi connectivity index (χ1n) is 7.55. The molecule has 1 unspecified atom stereocenters. The standard InChI is InChI=1S/C16H21N3O3/c1-10(2)19-9-12(11(3)17-19)8-18-6-4-14-13(5-7-22-14)15(18)16(20)21/h5,7,9-10,15H,4,6,8H2,1-3H3,(H,20,21). The monoisotopic (exact) mass is 303 g/mol. The van der Waals surface area contributed by atoms with Crippen LogP contribution in [0.3, 0.4) is 0 Å². The molecule has 22 heavy (non-hydrogen) atoms. The van der Waals surface area contributed by atoms with Crippen molar-refractivity contribution in [2.45, 2.75) is 45.8 Å². The maximum absolute atomic E-state index is 11.7. The van der Waals surface area contributed by atoms with E-state index in [4.69, 9.17) is 4.42 Å². The lowest BCUT2D eigenvalue weighted by Crippen LogP contribution is -2.38. The molecule has 0 spiro atoms. The number of fused-ring (bicyclic) bond motifs is 1. The largest absolute Gasteiger partial charge is 0.480 e. The number of aliphatic carboxylic acids is 1. The van der Waals surface area contributed by atoms with Gasteiger partial charge in [-0.25, -0.2) is 0 Å². The highest BCUT2D eigenvalue weighted by molar-refractivity contribution is 5.76. The minimum absolute atomic E-state index is 0.296. The van der Waals surface area contributed by atoms with Gasteiger partial charge in [-0.15, -0.1) is 0 Å². The Hall–Kier alpha value is -2.08. The number of carboxylic acid groups (broad SMARTS) is 1. The van der Waals surface area contributed by atoms with Gasteiger partial charge in [0.25, 0.3) is 0 Å². The van der Waals surface area contributed by atoms with Crippen molar-refractivity contribution in [3.05, 3.63) is 41.1 Å². The van der Waals surface area contributed by atoms with Gasteiger partial charge in [-0.3, -0.25) is 14.4 Å². The number of aryl methyl sites for hydroxylation is 1. The van der Waals surface area contributed by atoms with Gasteiger partial charge in [-0.2, -0.15) is 5.10 Å². The fourth-order valence-corrected chi connectivity index (χ4v) is 2.99. The zero-order chi connectivity index (χ0) is 15.9. The minimum Gasteiger partial charge on any atom is -0.480 e. The van der Waals surface area contributed by atoms with Crippen LogP contribution in [0.1, 0.15) is 48.5 Å². The molecule has 0 bridgehead atoms. The van der Waals surface area contributed by atoms with Gasteiger partial charge in [0.2, 0.25) is 0 Å². The predicted molar refractivity (Wildman–Crippen MR) is 80.5 cm³/mol. The third-order valence-corrected chi connectivity index (χ3v) is 4.22. The van der Waals surface area contributed by atoms with E-state index in [-0.39, 0.29) is 0 Å². The van der Waals surface area contributed by atoms with Crippen LogP contribution < -0.4 is 0 Å². The predicted octanol–water partition coefficient (Wildman–Crippen LogP) is 2.55. The number of carboxylic acids is 1. The van der Waals surface area contributed by atoms with Gasteiger partial charge in [0.05, 0.1) is 12.0 Å². The van der Waals surface area contributed by atoms with Crippen LogP contribution in [0.25, 0.3) is 0 Å². The average molecular weight is 303 g/mol. The molecule has 0 radical (unpaired) electrons. The van der Waals surface area contributed by atoms with E-state index in [1.807, 2.05) is 22.7 Å². The number of rotatable bonds is 4. The Morgan fingerprint density at radius 2 is 2.32 bits per heavy atom. The molecule has 6 nitrogen and oxygen atoms in total. The maximum Gasteiger partial charge on any atom is 0.325 e. The van der Waals surface area contributed by atoms with Crippen LogP contribution in [-0.2, 0) is 17.8 Å². The lowest BCUT2D eigenvalue weighted by molar-refractivity contribution is -0.144. The number of aromatic nitrogens is 2. The second kappa shape index (κ2) is 5.61. The molecule has 2 aromatic rings. The molecule has 3 rings (SSSR count). The van der Waals surface area contributed by atoms with Crippen LogP contribution in [0, 0.1) is 6.92 Å². The smallest absolute Gasteiger partial charge is 0.325 e. The summed E-state index contributed by atoms with van der Waals surface area (Å²) in [5.74, 6) is -0.0468. The molecule has 0 fully saturated rings. The van der Waals surface area contributed by atoms with Gasteiger partial charge < -0.3 is 9.52 Å². The summed E-state index contributed by atoms with van der Waals surface area (Å²) >= 11 is 0. The first-order chi connectivity index (χ1) is 10.5. The summed E-state index contributed by atoms with van der Waals surface area (Å²) < 4.78 is 7.31. The minimum atomic E-state index is -0.837. The van der Waals surface area contributed by atoms with Crippen LogP contribution in [0.4, 0.5) is 0 Å². The lowest BCUT2D eigenvalue weighted by Gasteiger charge is -2.32. The highest BCUT2D eigenvalue weighted by Crippen LogP contribution is 2.32. The van der Waals surface area contributed by atoms with Crippen LogP contribution in [0.5, 0.6) is 0 Å². The van der Waals surface area contributed by atoms with Gasteiger partial charge in [0.15, 0.2) is 0 Å². The van der Waals surface area contributed by atoms with Crippen LogP contribution in [-0.4, -0.2) is 32.3 Å². The van der Waals surface area contributed by atoms with Crippen molar-refractivity contribution in [2.24, 2.45) is 0 Å². The Kier molecular flexibility index (Phi) is 3.78. The molecule has 1 aliphatic heterocycles. The van der Waals surface area contributed by atoms with Crippen LogP contribution in [0.2, 0.25) is 0 Å². The topological polar surface area (TPSA) is 71.5 Å². The van der Waals surface area contributed by atoms with Crippen molar-refractivity contribution >= 4 is 5.97 Å². The average Bonchev–Trinajstić information content (AvgIpc) is 3.05. The first kappa shape index (κ1) is 14.8.